The molecule has 0 unspecified atom stereocenters. The van der Waals surface area contributed by atoms with Gasteiger partial charge in [0.05, 0.1) is 0 Å². The molecule has 0 heterocycles. The van der Waals surface area contributed by atoms with Gasteiger partial charge in [-0.1, -0.05) is 39.7 Å². The van der Waals surface area contributed by atoms with Gasteiger partial charge >= 0.3 is 0 Å². The van der Waals surface area contributed by atoms with E-state index >= 15 is 0 Å². The molecule has 1 aromatic carbocycles. The maximum absolute atomic E-state index is 5.95. The largest absolute Gasteiger partial charge is 0.321 e. The van der Waals surface area contributed by atoms with Crippen molar-refractivity contribution in [1.29, 1.82) is 0 Å². The summed E-state index contributed by atoms with van der Waals surface area (Å²) < 4.78 is 0.951. The van der Waals surface area contributed by atoms with E-state index in [1.165, 1.54) is 0 Å². The first-order chi connectivity index (χ1) is 5.65. The Bertz CT molecular complexity index is 302. The van der Waals surface area contributed by atoms with Gasteiger partial charge in [-0.2, -0.15) is 0 Å². The van der Waals surface area contributed by atoms with E-state index in [2.05, 4.69) is 22.5 Å². The highest BCUT2D eigenvalue weighted by Gasteiger charge is 2.05. The number of nitrogens with two attached hydrogens (primary N) is 1. The maximum atomic E-state index is 5.95. The van der Waals surface area contributed by atoms with Crippen LogP contribution in [0.4, 0.5) is 0 Å². The van der Waals surface area contributed by atoms with Crippen LogP contribution in [0.3, 0.4) is 0 Å². The van der Waals surface area contributed by atoms with Gasteiger partial charge in [0, 0.05) is 15.5 Å². The van der Waals surface area contributed by atoms with Gasteiger partial charge in [-0.15, -0.1) is 19.0 Å². The average molecular weight is 283 g/mol. The van der Waals surface area contributed by atoms with E-state index in [1.807, 2.05) is 18.2 Å². The van der Waals surface area contributed by atoms with Gasteiger partial charge in [0.2, 0.25) is 0 Å². The van der Waals surface area contributed by atoms with E-state index in [4.69, 9.17) is 17.3 Å². The molecule has 0 amide bonds. The minimum atomic E-state index is -0.189. The summed E-state index contributed by atoms with van der Waals surface area (Å²) >= 11 is 9.26. The van der Waals surface area contributed by atoms with Crippen LogP contribution < -0.4 is 5.73 Å². The van der Waals surface area contributed by atoms with Crippen molar-refractivity contribution in [2.75, 3.05) is 0 Å². The van der Waals surface area contributed by atoms with Crippen molar-refractivity contribution in [3.8, 4) is 0 Å². The van der Waals surface area contributed by atoms with Crippen molar-refractivity contribution in [3.63, 3.8) is 0 Å². The van der Waals surface area contributed by atoms with Crippen LogP contribution in [0.15, 0.2) is 35.3 Å². The Morgan fingerprint density at radius 1 is 1.54 bits per heavy atom. The van der Waals surface area contributed by atoms with Crippen LogP contribution >= 0.6 is 39.9 Å². The lowest BCUT2D eigenvalue weighted by atomic mass is 10.1. The van der Waals surface area contributed by atoms with Gasteiger partial charge in [-0.05, 0) is 17.7 Å². The Labute approximate surface area is 97.5 Å². The molecule has 1 nitrogen and oxygen atoms in total. The Balaban J connectivity index is 0.00000144. The number of hydrogen-bond donors (Lipinski definition) is 1. The molecule has 0 aliphatic heterocycles. The summed E-state index contributed by atoms with van der Waals surface area (Å²) in [5.41, 5.74) is 6.63. The lowest BCUT2D eigenvalue weighted by Gasteiger charge is -2.08. The van der Waals surface area contributed by atoms with E-state index in [0.717, 1.165) is 10.0 Å². The summed E-state index contributed by atoms with van der Waals surface area (Å²) in [7, 11) is 0. The quantitative estimate of drug-likeness (QED) is 0.823. The van der Waals surface area contributed by atoms with Crippen LogP contribution in [0.5, 0.6) is 0 Å². The third-order valence-electron chi connectivity index (χ3n) is 1.58. The van der Waals surface area contributed by atoms with Crippen LogP contribution in [-0.2, 0) is 0 Å². The molecular weight excluding hydrogens is 273 g/mol. The molecule has 0 aliphatic carbocycles. The fraction of sp³-hybridized carbons (Fsp3) is 0.111. The maximum Gasteiger partial charge on any atom is 0.0493 e. The highest BCUT2D eigenvalue weighted by molar-refractivity contribution is 9.10. The first-order valence-electron chi connectivity index (χ1n) is 3.48. The summed E-state index contributed by atoms with van der Waals surface area (Å²) in [6.07, 6.45) is 1.66. The van der Waals surface area contributed by atoms with Crippen LogP contribution in [0, 0.1) is 0 Å². The number of rotatable bonds is 2. The minimum Gasteiger partial charge on any atom is -0.321 e. The number of hydrogen-bond acceptors (Lipinski definition) is 1. The highest BCUT2D eigenvalue weighted by Crippen LogP contribution is 2.25. The van der Waals surface area contributed by atoms with Crippen LogP contribution in [0.25, 0.3) is 0 Å². The molecule has 4 heteroatoms. The van der Waals surface area contributed by atoms with E-state index in [0.29, 0.717) is 5.02 Å². The van der Waals surface area contributed by atoms with Crippen molar-refractivity contribution in [2.45, 2.75) is 6.04 Å². The topological polar surface area (TPSA) is 26.0 Å². The Kier molecular flexibility index (Phi) is 5.65. The van der Waals surface area contributed by atoms with E-state index in [9.17, 15) is 0 Å². The van der Waals surface area contributed by atoms with E-state index in [-0.39, 0.29) is 18.4 Å². The summed E-state index contributed by atoms with van der Waals surface area (Å²) in [4.78, 5) is 0. The van der Waals surface area contributed by atoms with Gasteiger partial charge in [-0.3, -0.25) is 0 Å². The third kappa shape index (κ3) is 3.31. The first kappa shape index (κ1) is 13.0. The average Bonchev–Trinajstić information content (AvgIpc) is 2.03. The molecule has 0 aliphatic rings. The van der Waals surface area contributed by atoms with Crippen molar-refractivity contribution >= 4 is 39.9 Å². The molecule has 0 aromatic heterocycles. The molecule has 0 fully saturated rings. The van der Waals surface area contributed by atoms with Crippen LogP contribution in [0.1, 0.15) is 11.6 Å². The van der Waals surface area contributed by atoms with Crippen molar-refractivity contribution in [3.05, 3.63) is 45.9 Å². The highest BCUT2D eigenvalue weighted by atomic mass is 79.9. The molecular formula is C9H10BrCl2N. The van der Waals surface area contributed by atoms with Crippen LogP contribution in [-0.4, -0.2) is 0 Å². The Hall–Kier alpha value is -0.0200. The van der Waals surface area contributed by atoms with Crippen LogP contribution in [0.2, 0.25) is 5.02 Å². The fourth-order valence-electron chi connectivity index (χ4n) is 0.899. The second-order valence-electron chi connectivity index (χ2n) is 2.43. The van der Waals surface area contributed by atoms with Gasteiger partial charge in [-0.25, -0.2) is 0 Å². The normalized spacial score (nSPS) is 11.6. The molecule has 72 valence electrons. The van der Waals surface area contributed by atoms with Gasteiger partial charge in [0.1, 0.15) is 0 Å². The molecule has 1 atom stereocenters. The second-order valence-corrected chi connectivity index (χ2v) is 3.75. The number of benzene rings is 1. The summed E-state index contributed by atoms with van der Waals surface area (Å²) in [6.45, 7) is 3.61. The lowest BCUT2D eigenvalue weighted by Crippen LogP contribution is -2.06. The van der Waals surface area contributed by atoms with Crippen molar-refractivity contribution in [1.82, 2.24) is 0 Å². The van der Waals surface area contributed by atoms with Gasteiger partial charge < -0.3 is 5.73 Å². The monoisotopic (exact) mass is 281 g/mol. The second kappa shape index (κ2) is 5.66. The number of halogens is 3. The summed E-state index contributed by atoms with van der Waals surface area (Å²) in [5.74, 6) is 0. The zero-order valence-corrected chi connectivity index (χ0v) is 9.99. The molecule has 2 N–H and O–H groups in total. The van der Waals surface area contributed by atoms with E-state index in [1.54, 1.807) is 6.08 Å². The molecule has 0 bridgehead atoms. The zero-order chi connectivity index (χ0) is 9.14. The Morgan fingerprint density at radius 2 is 2.15 bits per heavy atom. The van der Waals surface area contributed by atoms with Crippen molar-refractivity contribution in [2.24, 2.45) is 5.73 Å². The fourth-order valence-corrected chi connectivity index (χ4v) is 1.70. The Morgan fingerprint density at radius 3 is 2.62 bits per heavy atom. The molecule has 0 spiro atoms. The molecule has 1 rings (SSSR count). The van der Waals surface area contributed by atoms with Gasteiger partial charge in [0.25, 0.3) is 0 Å². The zero-order valence-electron chi connectivity index (χ0n) is 6.84. The standard InChI is InChI=1S/C9H9BrClN.ClH/c1-2-9(12)7-4-3-6(10)5-8(7)11;/h2-5,9H,1,12H2;1H/t9-;/m1./s1. The van der Waals surface area contributed by atoms with Crippen molar-refractivity contribution < 1.29 is 0 Å². The third-order valence-corrected chi connectivity index (χ3v) is 2.40. The molecule has 0 saturated carbocycles. The molecule has 1 aromatic rings. The summed E-state index contributed by atoms with van der Waals surface area (Å²) in [5, 5.41) is 0.664. The lowest BCUT2D eigenvalue weighted by molar-refractivity contribution is 0.914. The first-order valence-corrected chi connectivity index (χ1v) is 4.65. The van der Waals surface area contributed by atoms with E-state index < -0.39 is 0 Å². The predicted octanol–water partition coefficient (Wildman–Crippen LogP) is 3.71. The SMILES string of the molecule is C=C[C@@H](N)c1ccc(Br)cc1Cl.Cl. The summed E-state index contributed by atoms with van der Waals surface area (Å²) in [6, 6.07) is 5.43. The molecule has 13 heavy (non-hydrogen) atoms. The molecule has 0 saturated heterocycles. The minimum absolute atomic E-state index is 0. The van der Waals surface area contributed by atoms with Gasteiger partial charge in [0.15, 0.2) is 0 Å². The predicted molar refractivity (Wildman–Crippen MR) is 63.5 cm³/mol. The smallest absolute Gasteiger partial charge is 0.0493 e. The molecule has 0 radical (unpaired) electrons.